The Labute approximate surface area is 324 Å². The highest BCUT2D eigenvalue weighted by molar-refractivity contribution is 6.00. The van der Waals surface area contributed by atoms with E-state index in [-0.39, 0.29) is 0 Å². The SMILES string of the molecule is c1ccc(-c2cc(-c3ccccc3)nc(-c3cc(-c4cccc5ccccc45)cc(N4c5ccccc5-c5ccccc5-n5c4nc4ccccc45)c3)n2)cc1. The van der Waals surface area contributed by atoms with Crippen molar-refractivity contribution in [1.82, 2.24) is 19.5 Å². The van der Waals surface area contributed by atoms with Gasteiger partial charge in [-0.3, -0.25) is 9.47 Å². The molecule has 0 amide bonds. The van der Waals surface area contributed by atoms with Gasteiger partial charge in [-0.05, 0) is 70.4 Å². The molecule has 0 atom stereocenters. The molecule has 1 aliphatic heterocycles. The van der Waals surface area contributed by atoms with Crippen molar-refractivity contribution >= 4 is 39.1 Å². The predicted octanol–water partition coefficient (Wildman–Crippen LogP) is 13.1. The lowest BCUT2D eigenvalue weighted by Crippen LogP contribution is -2.14. The molecule has 0 unspecified atom stereocenters. The summed E-state index contributed by atoms with van der Waals surface area (Å²) in [4.78, 5) is 18.3. The van der Waals surface area contributed by atoms with Crippen LogP contribution in [0.25, 0.3) is 83.6 Å². The Balaban J connectivity index is 1.23. The lowest BCUT2D eigenvalue weighted by atomic mass is 9.95. The number of hydrogen-bond acceptors (Lipinski definition) is 4. The van der Waals surface area contributed by atoms with Gasteiger partial charge in [0.15, 0.2) is 5.82 Å². The van der Waals surface area contributed by atoms with E-state index >= 15 is 0 Å². The van der Waals surface area contributed by atoms with Crippen LogP contribution in [0.5, 0.6) is 0 Å². The predicted molar refractivity (Wildman–Crippen MR) is 230 cm³/mol. The number of aromatic nitrogens is 4. The maximum absolute atomic E-state index is 5.39. The van der Waals surface area contributed by atoms with E-state index in [2.05, 4.69) is 198 Å². The Bertz CT molecular complexity index is 3030. The fourth-order valence-corrected chi connectivity index (χ4v) is 8.15. The van der Waals surface area contributed by atoms with Crippen LogP contribution in [0.2, 0.25) is 0 Å². The summed E-state index contributed by atoms with van der Waals surface area (Å²) in [5.41, 5.74) is 14.2. The summed E-state index contributed by atoms with van der Waals surface area (Å²) in [7, 11) is 0. The molecule has 10 aromatic rings. The van der Waals surface area contributed by atoms with Gasteiger partial charge in [0.05, 0.1) is 39.5 Å². The zero-order valence-corrected chi connectivity index (χ0v) is 30.3. The average Bonchev–Trinajstić information content (AvgIpc) is 3.60. The van der Waals surface area contributed by atoms with E-state index in [9.17, 15) is 0 Å². The van der Waals surface area contributed by atoms with Crippen molar-refractivity contribution < 1.29 is 0 Å². The van der Waals surface area contributed by atoms with Crippen molar-refractivity contribution in [3.8, 4) is 61.8 Å². The first-order valence-electron chi connectivity index (χ1n) is 18.9. The normalized spacial score (nSPS) is 11.9. The van der Waals surface area contributed by atoms with Crippen molar-refractivity contribution in [3.63, 3.8) is 0 Å². The molecule has 5 nitrogen and oxygen atoms in total. The molecular formula is C51H33N5. The van der Waals surface area contributed by atoms with Crippen LogP contribution in [0.1, 0.15) is 0 Å². The molecule has 262 valence electrons. The minimum Gasteiger partial charge on any atom is -0.280 e. The Morgan fingerprint density at radius 1 is 0.375 bits per heavy atom. The van der Waals surface area contributed by atoms with Gasteiger partial charge in [-0.15, -0.1) is 0 Å². The zero-order chi connectivity index (χ0) is 37.0. The Morgan fingerprint density at radius 3 is 1.71 bits per heavy atom. The van der Waals surface area contributed by atoms with Crippen LogP contribution in [0.3, 0.4) is 0 Å². The molecule has 0 bridgehead atoms. The third-order valence-electron chi connectivity index (χ3n) is 10.7. The van der Waals surface area contributed by atoms with Gasteiger partial charge in [0.1, 0.15) is 0 Å². The molecule has 0 saturated carbocycles. The summed E-state index contributed by atoms with van der Waals surface area (Å²) in [6, 6.07) is 70.3. The molecule has 0 fully saturated rings. The first-order chi connectivity index (χ1) is 27.8. The number of rotatable bonds is 5. The van der Waals surface area contributed by atoms with E-state index in [1.54, 1.807) is 0 Å². The lowest BCUT2D eigenvalue weighted by molar-refractivity contribution is 1.05. The molecule has 0 radical (unpaired) electrons. The van der Waals surface area contributed by atoms with Crippen LogP contribution in [-0.4, -0.2) is 19.5 Å². The number of hydrogen-bond donors (Lipinski definition) is 0. The third kappa shape index (κ3) is 5.29. The molecule has 0 saturated heterocycles. The van der Waals surface area contributed by atoms with E-state index in [4.69, 9.17) is 15.0 Å². The Morgan fingerprint density at radius 2 is 0.946 bits per heavy atom. The maximum Gasteiger partial charge on any atom is 0.220 e. The van der Waals surface area contributed by atoms with Gasteiger partial charge in [0.2, 0.25) is 5.95 Å². The van der Waals surface area contributed by atoms with Gasteiger partial charge in [-0.1, -0.05) is 152 Å². The van der Waals surface area contributed by atoms with Gasteiger partial charge in [-0.2, -0.15) is 0 Å². The van der Waals surface area contributed by atoms with Gasteiger partial charge in [-0.25, -0.2) is 15.0 Å². The number of para-hydroxylation sites is 4. The number of imidazole rings is 1. The van der Waals surface area contributed by atoms with Crippen molar-refractivity contribution in [3.05, 3.63) is 200 Å². The first-order valence-corrected chi connectivity index (χ1v) is 18.9. The minimum absolute atomic E-state index is 0.647. The second kappa shape index (κ2) is 13.0. The highest BCUT2D eigenvalue weighted by atomic mass is 15.3. The fourth-order valence-electron chi connectivity index (χ4n) is 8.15. The molecule has 11 rings (SSSR count). The van der Waals surface area contributed by atoms with Gasteiger partial charge < -0.3 is 0 Å². The summed E-state index contributed by atoms with van der Waals surface area (Å²) in [5.74, 6) is 1.46. The lowest BCUT2D eigenvalue weighted by Gasteiger charge is -2.26. The molecule has 5 heteroatoms. The minimum atomic E-state index is 0.647. The van der Waals surface area contributed by atoms with Crippen LogP contribution in [0, 0.1) is 0 Å². The summed E-state index contributed by atoms with van der Waals surface area (Å²) in [6.45, 7) is 0. The molecule has 0 aliphatic carbocycles. The van der Waals surface area contributed by atoms with E-state index in [1.807, 2.05) is 12.1 Å². The molecule has 0 spiro atoms. The smallest absolute Gasteiger partial charge is 0.220 e. The second-order valence-electron chi connectivity index (χ2n) is 14.1. The number of anilines is 3. The molecule has 8 aromatic carbocycles. The summed E-state index contributed by atoms with van der Waals surface area (Å²) >= 11 is 0. The van der Waals surface area contributed by atoms with Crippen molar-refractivity contribution in [2.75, 3.05) is 4.90 Å². The van der Waals surface area contributed by atoms with Crippen molar-refractivity contribution in [2.45, 2.75) is 0 Å². The molecule has 56 heavy (non-hydrogen) atoms. The first kappa shape index (κ1) is 31.9. The second-order valence-corrected chi connectivity index (χ2v) is 14.1. The molecular weight excluding hydrogens is 683 g/mol. The van der Waals surface area contributed by atoms with Crippen molar-refractivity contribution in [2.24, 2.45) is 0 Å². The molecule has 0 N–H and O–H groups in total. The summed E-state index contributed by atoms with van der Waals surface area (Å²) in [6.07, 6.45) is 0. The standard InChI is InChI=1S/C51H33N5/c1-3-17-35(18-4-1)45-33-46(36-19-5-2-6-20-36)53-50(52-45)38-30-37(41-25-15-21-34-16-7-8-22-40(34)41)31-39(32-38)55-47-27-12-9-23-42(47)43-24-10-13-28-48(43)56-49-29-14-11-26-44(49)54-51(55)56/h1-33H. The molecule has 2 aromatic heterocycles. The summed E-state index contributed by atoms with van der Waals surface area (Å²) < 4.78 is 2.30. The van der Waals surface area contributed by atoms with Crippen LogP contribution in [0.4, 0.5) is 17.3 Å². The Hall–Kier alpha value is -7.63. The quantitative estimate of drug-likeness (QED) is 0.178. The third-order valence-corrected chi connectivity index (χ3v) is 10.7. The fraction of sp³-hybridized carbons (Fsp3) is 0. The zero-order valence-electron chi connectivity index (χ0n) is 30.3. The average molecular weight is 716 g/mol. The highest BCUT2D eigenvalue weighted by Gasteiger charge is 2.30. The van der Waals surface area contributed by atoms with Gasteiger partial charge in [0.25, 0.3) is 0 Å². The Kier molecular flexibility index (Phi) is 7.42. The van der Waals surface area contributed by atoms with E-state index in [1.165, 1.54) is 10.8 Å². The van der Waals surface area contributed by atoms with E-state index in [0.717, 1.165) is 84.4 Å². The van der Waals surface area contributed by atoms with Crippen LogP contribution < -0.4 is 4.90 Å². The monoisotopic (exact) mass is 715 g/mol. The van der Waals surface area contributed by atoms with E-state index < -0.39 is 0 Å². The topological polar surface area (TPSA) is 46.8 Å². The number of fused-ring (bicyclic) bond motifs is 8. The molecule has 1 aliphatic rings. The number of nitrogens with zero attached hydrogens (tertiary/aromatic N) is 5. The van der Waals surface area contributed by atoms with Gasteiger partial charge >= 0.3 is 0 Å². The number of benzene rings is 8. The highest BCUT2D eigenvalue weighted by Crippen LogP contribution is 2.49. The largest absolute Gasteiger partial charge is 0.280 e. The van der Waals surface area contributed by atoms with E-state index in [0.29, 0.717) is 5.82 Å². The van der Waals surface area contributed by atoms with Crippen LogP contribution in [-0.2, 0) is 0 Å². The molecule has 3 heterocycles. The van der Waals surface area contributed by atoms with Crippen LogP contribution >= 0.6 is 0 Å². The van der Waals surface area contributed by atoms with Crippen molar-refractivity contribution in [1.29, 1.82) is 0 Å². The maximum atomic E-state index is 5.39. The summed E-state index contributed by atoms with van der Waals surface area (Å²) in [5, 5.41) is 2.36. The van der Waals surface area contributed by atoms with Gasteiger partial charge in [0, 0.05) is 27.8 Å². The van der Waals surface area contributed by atoms with Crippen LogP contribution in [0.15, 0.2) is 200 Å².